The first-order valence-electron chi connectivity index (χ1n) is 7.54. The van der Waals surface area contributed by atoms with Crippen molar-refractivity contribution in [2.24, 2.45) is 0 Å². The van der Waals surface area contributed by atoms with Crippen LogP contribution in [0, 0.1) is 6.92 Å². The Balaban J connectivity index is 1.99. The van der Waals surface area contributed by atoms with Gasteiger partial charge in [-0.2, -0.15) is 0 Å². The molecule has 128 valence electrons. The fourth-order valence-electron chi connectivity index (χ4n) is 2.39. The minimum Gasteiger partial charge on any atom is -0.219 e. The average Bonchev–Trinajstić information content (AvgIpc) is 2.63. The number of rotatable bonds is 4. The van der Waals surface area contributed by atoms with Gasteiger partial charge in [-0.1, -0.05) is 35.9 Å². The van der Waals surface area contributed by atoms with E-state index in [2.05, 4.69) is 0 Å². The normalized spacial score (nSPS) is 12.0. The largest absolute Gasteiger partial charge is 0.219 e. The molecular weight excluding hydrogens is 356 g/mol. The summed E-state index contributed by atoms with van der Waals surface area (Å²) < 4.78 is 50.4. The maximum absolute atomic E-state index is 12.6. The van der Waals surface area contributed by atoms with Crippen molar-refractivity contribution < 1.29 is 16.8 Å². The van der Waals surface area contributed by atoms with Gasteiger partial charge < -0.3 is 0 Å². The van der Waals surface area contributed by atoms with Crippen molar-refractivity contribution >= 4 is 19.7 Å². The van der Waals surface area contributed by atoms with E-state index in [0.717, 1.165) is 5.56 Å². The van der Waals surface area contributed by atoms with Crippen LogP contribution in [0.25, 0.3) is 0 Å². The molecule has 0 unspecified atom stereocenters. The second kappa shape index (κ2) is 6.46. The van der Waals surface area contributed by atoms with Crippen LogP contribution in [0.1, 0.15) is 5.56 Å². The van der Waals surface area contributed by atoms with Crippen LogP contribution in [-0.4, -0.2) is 16.8 Å². The van der Waals surface area contributed by atoms with Crippen molar-refractivity contribution in [2.75, 3.05) is 0 Å². The molecule has 0 heterocycles. The summed E-state index contributed by atoms with van der Waals surface area (Å²) >= 11 is 0. The van der Waals surface area contributed by atoms with Crippen LogP contribution in [0.5, 0.6) is 0 Å². The highest BCUT2D eigenvalue weighted by Crippen LogP contribution is 2.25. The highest BCUT2D eigenvalue weighted by Gasteiger charge is 2.21. The first-order valence-corrected chi connectivity index (χ1v) is 10.5. The quantitative estimate of drug-likeness (QED) is 0.701. The lowest BCUT2D eigenvalue weighted by Gasteiger charge is -2.08. The van der Waals surface area contributed by atoms with Crippen LogP contribution < -0.4 is 0 Å². The summed E-state index contributed by atoms with van der Waals surface area (Å²) in [5, 5.41) is 0. The third-order valence-corrected chi connectivity index (χ3v) is 7.40. The summed E-state index contributed by atoms with van der Waals surface area (Å²) in [5.74, 6) is 0. The Morgan fingerprint density at radius 2 is 0.800 bits per heavy atom. The molecule has 6 heteroatoms. The third-order valence-electron chi connectivity index (χ3n) is 3.83. The molecule has 0 aliphatic rings. The van der Waals surface area contributed by atoms with Gasteiger partial charge in [-0.3, -0.25) is 0 Å². The van der Waals surface area contributed by atoms with Gasteiger partial charge in [0.15, 0.2) is 0 Å². The predicted molar refractivity (Wildman–Crippen MR) is 95.0 cm³/mol. The topological polar surface area (TPSA) is 68.3 Å². The van der Waals surface area contributed by atoms with Gasteiger partial charge in [-0.25, -0.2) is 16.8 Å². The number of hydrogen-bond donors (Lipinski definition) is 0. The molecule has 0 N–H and O–H groups in total. The zero-order valence-corrected chi connectivity index (χ0v) is 15.1. The standard InChI is InChI=1S/C19H16O4S2/c1-15-7-9-17(10-8-15)25(22,23)19-13-11-18(12-14-19)24(20,21)16-5-3-2-4-6-16/h2-14H,1H3. The molecule has 0 atom stereocenters. The smallest absolute Gasteiger partial charge is 0.206 e. The number of benzene rings is 3. The van der Waals surface area contributed by atoms with Crippen molar-refractivity contribution in [3.63, 3.8) is 0 Å². The molecule has 25 heavy (non-hydrogen) atoms. The van der Waals surface area contributed by atoms with E-state index in [4.69, 9.17) is 0 Å². The van der Waals surface area contributed by atoms with Crippen molar-refractivity contribution in [3.8, 4) is 0 Å². The Morgan fingerprint density at radius 1 is 0.480 bits per heavy atom. The fraction of sp³-hybridized carbons (Fsp3) is 0.0526. The molecule has 3 aromatic carbocycles. The van der Waals surface area contributed by atoms with Crippen LogP contribution in [0.15, 0.2) is 98.4 Å². The van der Waals surface area contributed by atoms with E-state index in [1.54, 1.807) is 42.5 Å². The van der Waals surface area contributed by atoms with E-state index < -0.39 is 19.7 Å². The maximum Gasteiger partial charge on any atom is 0.206 e. The van der Waals surface area contributed by atoms with Gasteiger partial charge in [-0.15, -0.1) is 0 Å². The molecule has 0 aromatic heterocycles. The van der Waals surface area contributed by atoms with Gasteiger partial charge in [0.25, 0.3) is 0 Å². The van der Waals surface area contributed by atoms with Gasteiger partial charge in [-0.05, 0) is 55.5 Å². The molecule has 0 aliphatic heterocycles. The van der Waals surface area contributed by atoms with E-state index in [1.807, 2.05) is 6.92 Å². The van der Waals surface area contributed by atoms with Gasteiger partial charge in [0.1, 0.15) is 0 Å². The molecule has 3 rings (SSSR count). The Hall–Kier alpha value is -2.44. The highest BCUT2D eigenvalue weighted by molar-refractivity contribution is 7.92. The SMILES string of the molecule is Cc1ccc(S(=O)(=O)c2ccc(S(=O)(=O)c3ccccc3)cc2)cc1. The fourth-order valence-corrected chi connectivity index (χ4v) is 4.93. The molecule has 0 saturated carbocycles. The minimum absolute atomic E-state index is 0.0570. The summed E-state index contributed by atoms with van der Waals surface area (Å²) in [7, 11) is -7.34. The van der Waals surface area contributed by atoms with Gasteiger partial charge in [0.05, 0.1) is 19.6 Å². The molecule has 0 bridgehead atoms. The van der Waals surface area contributed by atoms with Gasteiger partial charge in [0, 0.05) is 0 Å². The van der Waals surface area contributed by atoms with Gasteiger partial charge >= 0.3 is 0 Å². The van der Waals surface area contributed by atoms with Crippen LogP contribution in [0.4, 0.5) is 0 Å². The zero-order chi connectivity index (χ0) is 18.1. The van der Waals surface area contributed by atoms with Crippen LogP contribution in [0.2, 0.25) is 0 Å². The number of hydrogen-bond acceptors (Lipinski definition) is 4. The summed E-state index contributed by atoms with van der Waals surface area (Å²) in [5.41, 5.74) is 0.961. The molecule has 3 aromatic rings. The lowest BCUT2D eigenvalue weighted by atomic mass is 10.2. The van der Waals surface area contributed by atoms with E-state index in [0.29, 0.717) is 0 Å². The Bertz CT molecular complexity index is 1080. The monoisotopic (exact) mass is 372 g/mol. The molecule has 0 fully saturated rings. The van der Waals surface area contributed by atoms with Crippen molar-refractivity contribution in [2.45, 2.75) is 26.5 Å². The molecule has 0 saturated heterocycles. The third kappa shape index (κ3) is 3.36. The second-order valence-corrected chi connectivity index (χ2v) is 9.50. The Kier molecular flexibility index (Phi) is 4.49. The van der Waals surface area contributed by atoms with E-state index in [9.17, 15) is 16.8 Å². The lowest BCUT2D eigenvalue weighted by molar-refractivity contribution is 0.592. The highest BCUT2D eigenvalue weighted by atomic mass is 32.2. The lowest BCUT2D eigenvalue weighted by Crippen LogP contribution is -2.05. The Labute approximate surface area is 147 Å². The summed E-state index contributed by atoms with van der Waals surface area (Å²) in [6.45, 7) is 1.87. The van der Waals surface area contributed by atoms with E-state index in [-0.39, 0.29) is 19.6 Å². The summed E-state index contributed by atoms with van der Waals surface area (Å²) in [4.78, 5) is 0.464. The maximum atomic E-state index is 12.6. The predicted octanol–water partition coefficient (Wildman–Crippen LogP) is 3.66. The van der Waals surface area contributed by atoms with Crippen molar-refractivity contribution in [1.29, 1.82) is 0 Å². The first-order chi connectivity index (χ1) is 11.8. The molecular formula is C19H16O4S2. The second-order valence-electron chi connectivity index (χ2n) is 5.60. The van der Waals surface area contributed by atoms with E-state index in [1.165, 1.54) is 36.4 Å². The average molecular weight is 372 g/mol. The number of aryl methyl sites for hydroxylation is 1. The Morgan fingerprint density at radius 3 is 1.20 bits per heavy atom. The summed E-state index contributed by atoms with van der Waals surface area (Å²) in [6.07, 6.45) is 0. The van der Waals surface area contributed by atoms with Crippen molar-refractivity contribution in [1.82, 2.24) is 0 Å². The van der Waals surface area contributed by atoms with Crippen LogP contribution in [-0.2, 0) is 19.7 Å². The van der Waals surface area contributed by atoms with Crippen molar-refractivity contribution in [3.05, 3.63) is 84.4 Å². The molecule has 4 nitrogen and oxygen atoms in total. The summed E-state index contributed by atoms with van der Waals surface area (Å²) in [6, 6.07) is 19.9. The van der Waals surface area contributed by atoms with Crippen LogP contribution >= 0.6 is 0 Å². The molecule has 0 amide bonds. The zero-order valence-electron chi connectivity index (χ0n) is 13.5. The molecule has 0 radical (unpaired) electrons. The van der Waals surface area contributed by atoms with E-state index >= 15 is 0 Å². The molecule has 0 spiro atoms. The van der Waals surface area contributed by atoms with Crippen LogP contribution in [0.3, 0.4) is 0 Å². The number of sulfone groups is 2. The minimum atomic E-state index is -3.68. The molecule has 0 aliphatic carbocycles. The van der Waals surface area contributed by atoms with Gasteiger partial charge in [0.2, 0.25) is 19.7 Å². The first kappa shape index (κ1) is 17.4.